The molecule has 1 atom stereocenters. The van der Waals surface area contributed by atoms with Crippen LogP contribution in [0.2, 0.25) is 0 Å². The zero-order valence-electron chi connectivity index (χ0n) is 10.2. The van der Waals surface area contributed by atoms with Gasteiger partial charge in [0.05, 0.1) is 4.88 Å². The Balaban J connectivity index is 2.31. The third-order valence-corrected chi connectivity index (χ3v) is 4.65. The van der Waals surface area contributed by atoms with Crippen molar-refractivity contribution in [3.8, 4) is 10.4 Å². The molecule has 0 aliphatic heterocycles. The topological polar surface area (TPSA) is 43.1 Å². The summed E-state index contributed by atoms with van der Waals surface area (Å²) in [4.78, 5) is 12.2. The Morgan fingerprint density at radius 2 is 2.05 bits per heavy atom. The molecule has 2 nitrogen and oxygen atoms in total. The zero-order valence-corrected chi connectivity index (χ0v) is 11.0. The molecule has 1 unspecified atom stereocenters. The number of carbonyl (C=O) groups excluding carboxylic acids is 1. The van der Waals surface area contributed by atoms with Crippen LogP contribution in [0.25, 0.3) is 10.4 Å². The number of hydrogen-bond donors (Lipinski definition) is 1. The molecule has 0 saturated carbocycles. The van der Waals surface area contributed by atoms with E-state index in [1.165, 1.54) is 0 Å². The molecule has 1 aromatic heterocycles. The summed E-state index contributed by atoms with van der Waals surface area (Å²) in [6, 6.07) is 3.96. The molecule has 3 rings (SSSR count). The Bertz CT molecular complexity index is 693. The van der Waals surface area contributed by atoms with Gasteiger partial charge in [-0.1, -0.05) is 6.92 Å². The molecule has 1 aliphatic carbocycles. The normalized spacial score (nSPS) is 16.9. The zero-order chi connectivity index (χ0) is 13.7. The molecule has 1 heterocycles. The molecule has 2 N–H and O–H groups in total. The van der Waals surface area contributed by atoms with Gasteiger partial charge in [0.15, 0.2) is 0 Å². The predicted molar refractivity (Wildman–Crippen MR) is 70.3 cm³/mol. The lowest BCUT2D eigenvalue weighted by atomic mass is 9.83. The number of benzene rings is 1. The Labute approximate surface area is 112 Å². The maximum atomic E-state index is 14.0. The maximum Gasteiger partial charge on any atom is 0.258 e. The smallest absolute Gasteiger partial charge is 0.258 e. The van der Waals surface area contributed by atoms with Crippen LogP contribution in [0.15, 0.2) is 18.2 Å². The van der Waals surface area contributed by atoms with Gasteiger partial charge in [0.2, 0.25) is 0 Å². The highest BCUT2D eigenvalue weighted by molar-refractivity contribution is 7.17. The van der Waals surface area contributed by atoms with Crippen LogP contribution in [0, 0.1) is 11.6 Å². The van der Waals surface area contributed by atoms with Gasteiger partial charge in [-0.05, 0) is 36.1 Å². The minimum absolute atomic E-state index is 0.117. The van der Waals surface area contributed by atoms with Gasteiger partial charge >= 0.3 is 0 Å². The summed E-state index contributed by atoms with van der Waals surface area (Å²) in [6.45, 7) is 1.85. The summed E-state index contributed by atoms with van der Waals surface area (Å²) in [5, 5.41) is 0. The second kappa shape index (κ2) is 4.13. The van der Waals surface area contributed by atoms with Crippen LogP contribution >= 0.6 is 11.3 Å². The van der Waals surface area contributed by atoms with Crippen molar-refractivity contribution in [3.05, 3.63) is 45.8 Å². The first-order valence-corrected chi connectivity index (χ1v) is 6.71. The Kier molecular flexibility index (Phi) is 2.67. The van der Waals surface area contributed by atoms with Crippen molar-refractivity contribution in [1.82, 2.24) is 0 Å². The molecule has 0 saturated heterocycles. The predicted octanol–water partition coefficient (Wildman–Crippen LogP) is 3.45. The van der Waals surface area contributed by atoms with Gasteiger partial charge in [-0.15, -0.1) is 11.3 Å². The highest BCUT2D eigenvalue weighted by Crippen LogP contribution is 2.46. The van der Waals surface area contributed by atoms with Crippen LogP contribution in [0.4, 0.5) is 8.78 Å². The van der Waals surface area contributed by atoms with Crippen molar-refractivity contribution in [2.45, 2.75) is 19.3 Å². The quantitative estimate of drug-likeness (QED) is 0.853. The fourth-order valence-electron chi connectivity index (χ4n) is 2.63. The monoisotopic (exact) mass is 279 g/mol. The molecule has 98 valence electrons. The average Bonchev–Trinajstić information content (AvgIpc) is 2.76. The van der Waals surface area contributed by atoms with E-state index in [2.05, 4.69) is 0 Å². The van der Waals surface area contributed by atoms with E-state index in [1.807, 2.05) is 6.92 Å². The van der Waals surface area contributed by atoms with Crippen LogP contribution < -0.4 is 5.73 Å². The largest absolute Gasteiger partial charge is 0.365 e. The van der Waals surface area contributed by atoms with Gasteiger partial charge in [-0.25, -0.2) is 8.78 Å². The van der Waals surface area contributed by atoms with Crippen LogP contribution in [0.1, 0.15) is 33.6 Å². The highest BCUT2D eigenvalue weighted by Gasteiger charge is 2.30. The van der Waals surface area contributed by atoms with E-state index in [9.17, 15) is 13.6 Å². The first-order chi connectivity index (χ1) is 8.99. The van der Waals surface area contributed by atoms with Gasteiger partial charge in [-0.2, -0.15) is 0 Å². The first-order valence-electron chi connectivity index (χ1n) is 5.89. The van der Waals surface area contributed by atoms with Crippen molar-refractivity contribution in [1.29, 1.82) is 0 Å². The van der Waals surface area contributed by atoms with E-state index in [0.29, 0.717) is 21.7 Å². The van der Waals surface area contributed by atoms with E-state index >= 15 is 0 Å². The lowest BCUT2D eigenvalue weighted by Crippen LogP contribution is -2.10. The molecule has 1 aromatic carbocycles. The molecule has 19 heavy (non-hydrogen) atoms. The van der Waals surface area contributed by atoms with Crippen LogP contribution in [-0.2, 0) is 6.42 Å². The Hall–Kier alpha value is -1.75. The molecule has 5 heteroatoms. The van der Waals surface area contributed by atoms with Crippen molar-refractivity contribution in [2.75, 3.05) is 0 Å². The number of fused-ring (bicyclic) bond motifs is 3. The Morgan fingerprint density at radius 1 is 1.37 bits per heavy atom. The minimum atomic E-state index is -0.537. The summed E-state index contributed by atoms with van der Waals surface area (Å²) in [5.74, 6) is -1.51. The van der Waals surface area contributed by atoms with Gasteiger partial charge in [-0.3, -0.25) is 4.79 Å². The van der Waals surface area contributed by atoms with Crippen LogP contribution in [0.5, 0.6) is 0 Å². The summed E-state index contributed by atoms with van der Waals surface area (Å²) in [6.07, 6.45) is 0.590. The molecule has 1 aliphatic rings. The van der Waals surface area contributed by atoms with E-state index in [4.69, 9.17) is 5.73 Å². The highest BCUT2D eigenvalue weighted by atomic mass is 32.1. The first kappa shape index (κ1) is 12.3. The summed E-state index contributed by atoms with van der Waals surface area (Å²) < 4.78 is 27.9. The number of carbonyl (C=O) groups is 1. The third-order valence-electron chi connectivity index (χ3n) is 3.44. The molecular weight excluding hydrogens is 268 g/mol. The van der Waals surface area contributed by atoms with E-state index in [0.717, 1.165) is 29.0 Å². The molecule has 0 radical (unpaired) electrons. The van der Waals surface area contributed by atoms with E-state index < -0.39 is 17.5 Å². The van der Waals surface area contributed by atoms with Gasteiger partial charge in [0.25, 0.3) is 5.91 Å². The summed E-state index contributed by atoms with van der Waals surface area (Å²) >= 11 is 1.13. The number of thiophene rings is 1. The standard InChI is InChI=1S/C14H11F2NOS/c1-6-4-7-5-10(14(17)18)19-13(7)12-9(16)3-2-8(15)11(6)12/h2-3,5-6H,4H2,1H3,(H2,17,18). The van der Waals surface area contributed by atoms with Crippen molar-refractivity contribution in [3.63, 3.8) is 0 Å². The van der Waals surface area contributed by atoms with E-state index in [1.54, 1.807) is 6.07 Å². The van der Waals surface area contributed by atoms with E-state index in [-0.39, 0.29) is 11.5 Å². The molecule has 0 bridgehead atoms. The fourth-order valence-corrected chi connectivity index (χ4v) is 3.73. The molecule has 1 amide bonds. The molecule has 0 fully saturated rings. The number of amides is 1. The van der Waals surface area contributed by atoms with Crippen molar-refractivity contribution >= 4 is 17.2 Å². The van der Waals surface area contributed by atoms with Crippen LogP contribution in [0.3, 0.4) is 0 Å². The minimum Gasteiger partial charge on any atom is -0.365 e. The number of nitrogens with two attached hydrogens (primary N) is 1. The lowest BCUT2D eigenvalue weighted by molar-refractivity contribution is 0.100. The second-order valence-corrected chi connectivity index (χ2v) is 5.80. The molecule has 0 spiro atoms. The van der Waals surface area contributed by atoms with Crippen molar-refractivity contribution in [2.24, 2.45) is 5.73 Å². The second-order valence-electron chi connectivity index (χ2n) is 4.75. The number of rotatable bonds is 1. The van der Waals surface area contributed by atoms with Crippen LogP contribution in [-0.4, -0.2) is 5.91 Å². The van der Waals surface area contributed by atoms with Gasteiger partial charge in [0, 0.05) is 16.0 Å². The summed E-state index contributed by atoms with van der Waals surface area (Å²) in [5.41, 5.74) is 6.79. The number of hydrogen-bond acceptors (Lipinski definition) is 2. The lowest BCUT2D eigenvalue weighted by Gasteiger charge is -2.23. The van der Waals surface area contributed by atoms with Crippen molar-refractivity contribution < 1.29 is 13.6 Å². The maximum absolute atomic E-state index is 14.0. The third kappa shape index (κ3) is 1.76. The number of primary amides is 1. The molecular formula is C14H11F2NOS. The van der Waals surface area contributed by atoms with Gasteiger partial charge < -0.3 is 5.73 Å². The van der Waals surface area contributed by atoms with Gasteiger partial charge in [0.1, 0.15) is 11.6 Å². The SMILES string of the molecule is CC1Cc2cc(C(N)=O)sc2-c2c(F)ccc(F)c21. The Morgan fingerprint density at radius 3 is 2.74 bits per heavy atom. The molecule has 2 aromatic rings. The summed E-state index contributed by atoms with van der Waals surface area (Å²) in [7, 11) is 0. The fraction of sp³-hybridized carbons (Fsp3) is 0.214. The number of halogens is 2. The average molecular weight is 279 g/mol.